The minimum Gasteiger partial charge on any atom is -0.491 e. The summed E-state index contributed by atoms with van der Waals surface area (Å²) in [4.78, 5) is 110. The number of rotatable bonds is 14. The van der Waals surface area contributed by atoms with E-state index in [0.717, 1.165) is 23.8 Å². The summed E-state index contributed by atoms with van der Waals surface area (Å²) in [6.45, 7) is 3.08. The number of anilines is 2. The number of fused-ring (bicyclic) bond motifs is 4. The van der Waals surface area contributed by atoms with Gasteiger partial charge in [-0.2, -0.15) is 0 Å². The van der Waals surface area contributed by atoms with Crippen LogP contribution in [-0.4, -0.2) is 103 Å². The minimum absolute atomic E-state index is 0.00260. The number of para-hydroxylation sites is 1. The number of cyclic esters (lactones) is 1. The maximum atomic E-state index is 16.8. The van der Waals surface area contributed by atoms with Gasteiger partial charge in [-0.1, -0.05) is 122 Å². The number of amides is 4. The monoisotopic (exact) mass is 1050 g/mol. The van der Waals surface area contributed by atoms with Gasteiger partial charge in [-0.05, 0) is 70.6 Å². The van der Waals surface area contributed by atoms with Crippen molar-refractivity contribution in [2.24, 2.45) is 17.8 Å². The van der Waals surface area contributed by atoms with Crippen molar-refractivity contribution < 1.29 is 62.4 Å². The number of nitrogens with one attached hydrogen (secondary N) is 2. The number of aliphatic hydroxyl groups excluding tert-OH is 1. The molecule has 2 fully saturated rings. The number of hydrogen-bond donors (Lipinski definition) is 3. The highest BCUT2D eigenvalue weighted by molar-refractivity contribution is 7.22. The van der Waals surface area contributed by atoms with Gasteiger partial charge < -0.3 is 39.4 Å². The number of urea groups is 1. The lowest BCUT2D eigenvalue weighted by Crippen LogP contribution is -2.57. The molecule has 5 aromatic carbocycles. The minimum atomic E-state index is -2.26. The van der Waals surface area contributed by atoms with Gasteiger partial charge in [0.05, 0.1) is 61.8 Å². The number of aromatic nitrogens is 1. The Labute approximate surface area is 441 Å². The van der Waals surface area contributed by atoms with Gasteiger partial charge in [-0.3, -0.25) is 28.9 Å². The normalized spacial score (nSPS) is 21.0. The molecule has 6 aromatic rings. The highest BCUT2D eigenvalue weighted by Crippen LogP contribution is 2.66. The van der Waals surface area contributed by atoms with Crippen LogP contribution in [0.4, 0.5) is 15.6 Å². The molecule has 76 heavy (non-hydrogen) atoms. The van der Waals surface area contributed by atoms with E-state index in [4.69, 9.17) is 28.7 Å². The number of nitrogens with zero attached hydrogens (tertiary/aromatic N) is 3. The number of aliphatic hydroxyl groups is 1. The Balaban J connectivity index is 1.35. The van der Waals surface area contributed by atoms with Crippen molar-refractivity contribution in [2.75, 3.05) is 44.8 Å². The Kier molecular flexibility index (Phi) is 15.3. The molecule has 3 aliphatic rings. The van der Waals surface area contributed by atoms with E-state index in [1.807, 2.05) is 77.7 Å². The largest absolute Gasteiger partial charge is 0.491 e. The molecule has 390 valence electrons. The molecule has 9 rings (SSSR count). The van der Waals surface area contributed by atoms with Crippen molar-refractivity contribution in [3.8, 4) is 17.6 Å². The maximum absolute atomic E-state index is 16.8. The average molecular weight is 1050 g/mol. The Morgan fingerprint density at radius 3 is 2.07 bits per heavy atom. The van der Waals surface area contributed by atoms with Crippen LogP contribution in [0.1, 0.15) is 66.3 Å². The Morgan fingerprint density at radius 2 is 1.43 bits per heavy atom. The Bertz CT molecular complexity index is 3220. The van der Waals surface area contributed by atoms with Crippen molar-refractivity contribution in [3.05, 3.63) is 155 Å². The fourth-order valence-electron chi connectivity index (χ4n) is 10.6. The van der Waals surface area contributed by atoms with Crippen LogP contribution in [0.2, 0.25) is 0 Å². The van der Waals surface area contributed by atoms with E-state index >= 15 is 19.2 Å². The number of thiazole rings is 1. The van der Waals surface area contributed by atoms with Gasteiger partial charge in [0.25, 0.3) is 0 Å². The van der Waals surface area contributed by atoms with Crippen LogP contribution in [0.5, 0.6) is 5.75 Å². The van der Waals surface area contributed by atoms with Crippen LogP contribution in [0.3, 0.4) is 0 Å². The molecule has 3 aliphatic heterocycles. The number of benzene rings is 5. The Morgan fingerprint density at radius 1 is 0.789 bits per heavy atom. The topological polar surface area (TPSA) is 229 Å². The summed E-state index contributed by atoms with van der Waals surface area (Å²) in [6.07, 6.45) is -1.36. The van der Waals surface area contributed by atoms with E-state index in [1.165, 1.54) is 30.6 Å². The van der Waals surface area contributed by atoms with Crippen LogP contribution in [0.25, 0.3) is 10.2 Å². The van der Waals surface area contributed by atoms with Gasteiger partial charge in [0.1, 0.15) is 36.0 Å². The van der Waals surface area contributed by atoms with Crippen molar-refractivity contribution in [1.29, 1.82) is 0 Å². The highest BCUT2D eigenvalue weighted by atomic mass is 32.1. The lowest BCUT2D eigenvalue weighted by molar-refractivity contribution is -0.178. The van der Waals surface area contributed by atoms with E-state index in [2.05, 4.69) is 22.5 Å². The number of carbonyl (C=O) groups excluding carboxylic acids is 7. The summed E-state index contributed by atoms with van der Waals surface area (Å²) in [7, 11) is 3.43. The van der Waals surface area contributed by atoms with Crippen molar-refractivity contribution in [1.82, 2.24) is 15.2 Å². The van der Waals surface area contributed by atoms with Crippen molar-refractivity contribution in [2.45, 2.75) is 56.0 Å². The van der Waals surface area contributed by atoms with E-state index in [-0.39, 0.29) is 41.6 Å². The summed E-state index contributed by atoms with van der Waals surface area (Å²) < 4.78 is 27.9. The second-order valence-corrected chi connectivity index (χ2v) is 19.6. The number of morpholine rings is 1. The summed E-state index contributed by atoms with van der Waals surface area (Å²) >= 11 is 1.18. The zero-order valence-corrected chi connectivity index (χ0v) is 42.8. The summed E-state index contributed by atoms with van der Waals surface area (Å²) in [5, 5.41) is 15.5. The van der Waals surface area contributed by atoms with Crippen LogP contribution in [0, 0.1) is 29.6 Å². The van der Waals surface area contributed by atoms with E-state index in [9.17, 15) is 19.5 Å². The van der Waals surface area contributed by atoms with Crippen LogP contribution >= 0.6 is 11.3 Å². The van der Waals surface area contributed by atoms with Crippen LogP contribution < -0.4 is 20.3 Å². The third-order valence-corrected chi connectivity index (χ3v) is 14.9. The molecule has 4 amide bonds. The molecule has 7 atom stereocenters. The molecule has 1 aromatic heterocycles. The third kappa shape index (κ3) is 9.50. The first-order valence-corrected chi connectivity index (χ1v) is 25.2. The fraction of sp³-hybridized carbons (Fsp3) is 0.298. The molecule has 0 aliphatic carbocycles. The molecule has 4 heterocycles. The summed E-state index contributed by atoms with van der Waals surface area (Å²) in [6, 6.07) is 30.8. The van der Waals surface area contributed by atoms with Gasteiger partial charge in [-0.25, -0.2) is 19.5 Å². The molecule has 0 unspecified atom stereocenters. The SMILES string of the molecule is COC(=O)C(CC#Cc1ccc2c(c1)[C@]1(C(=O)N2C(=O)N[C@H](C(=O)OC)C(C)C)[C@H](c2ccc(OCCO)cc2)N2[C@H](c3ccccc3)[C@H](c3ccccc3)OC(=O)[C@H]2[C@@H]1C(=O)Nc1nc2ccccc2s1)C(=O)OC. The van der Waals surface area contributed by atoms with Gasteiger partial charge in [0.15, 0.2) is 11.0 Å². The number of ether oxygens (including phenoxy) is 5. The van der Waals surface area contributed by atoms with Gasteiger partial charge in [0, 0.05) is 12.0 Å². The number of methoxy groups -OCH3 is 3. The predicted octanol–water partition coefficient (Wildman–Crippen LogP) is 6.58. The van der Waals surface area contributed by atoms with Gasteiger partial charge >= 0.3 is 29.9 Å². The standard InChI is InChI=1S/C57H53N5O13S/c1-32(2)44(52(67)73-5)59-56(70)61-41-28-23-33(15-14-20-38(50(65)71-3)51(66)72-4)31-39(41)57(54(61)69)43(49(64)60-55-58-40-21-12-13-22-42(40)76-55)46-53(68)75-47(35-18-10-7-11-19-35)45(34-16-8-6-9-17-34)62(46)48(57)36-24-26-37(27-25-36)74-30-29-63/h6-13,16-19,21-28,31-32,38,43-48,63H,20,29-30H2,1-5H3,(H,59,70)(H,58,60,64)/t43-,44+,45-,46-,47+,48+,57-/m1/s1. The predicted molar refractivity (Wildman–Crippen MR) is 277 cm³/mol. The number of carbonyl (C=O) groups is 7. The van der Waals surface area contributed by atoms with Crippen molar-refractivity contribution in [3.63, 3.8) is 0 Å². The number of esters is 4. The van der Waals surface area contributed by atoms with Crippen molar-refractivity contribution >= 4 is 74.1 Å². The molecule has 1 spiro atoms. The maximum Gasteiger partial charge on any atom is 0.329 e. The summed E-state index contributed by atoms with van der Waals surface area (Å²) in [5.41, 5.74) is 0.316. The molecular weight excluding hydrogens is 995 g/mol. The second-order valence-electron chi connectivity index (χ2n) is 18.6. The first kappa shape index (κ1) is 52.4. The second kappa shape index (κ2) is 22.2. The molecule has 3 N–H and O–H groups in total. The highest BCUT2D eigenvalue weighted by Gasteiger charge is 2.75. The molecule has 18 nitrogen and oxygen atoms in total. The lowest BCUT2D eigenvalue weighted by Gasteiger charge is -2.46. The molecule has 2 saturated heterocycles. The molecule has 0 bridgehead atoms. The fourth-order valence-corrected chi connectivity index (χ4v) is 11.5. The smallest absolute Gasteiger partial charge is 0.329 e. The average Bonchev–Trinajstić information content (AvgIpc) is 4.29. The molecule has 19 heteroatoms. The molecule has 0 radical (unpaired) electrons. The zero-order chi connectivity index (χ0) is 53.8. The van der Waals surface area contributed by atoms with E-state index in [1.54, 1.807) is 56.3 Å². The summed E-state index contributed by atoms with van der Waals surface area (Å²) in [5.74, 6) is -2.53. The first-order valence-electron chi connectivity index (χ1n) is 24.4. The number of hydrogen-bond acceptors (Lipinski definition) is 16. The van der Waals surface area contributed by atoms with Gasteiger partial charge in [-0.15, -0.1) is 0 Å². The quantitative estimate of drug-likeness (QED) is 0.0453. The number of imide groups is 1. The first-order chi connectivity index (χ1) is 36.8. The molecular formula is C57H53N5O13S. The van der Waals surface area contributed by atoms with Crippen LogP contribution in [-0.2, 0) is 53.1 Å². The van der Waals surface area contributed by atoms with E-state index < -0.39 is 95.2 Å². The molecule has 0 saturated carbocycles. The van der Waals surface area contributed by atoms with Crippen LogP contribution in [0.15, 0.2) is 127 Å². The third-order valence-electron chi connectivity index (χ3n) is 13.9. The Hall–Kier alpha value is -8.44. The van der Waals surface area contributed by atoms with Gasteiger partial charge in [0.2, 0.25) is 11.8 Å². The zero-order valence-electron chi connectivity index (χ0n) is 42.0. The van der Waals surface area contributed by atoms with E-state index in [0.29, 0.717) is 28.0 Å². The lowest BCUT2D eigenvalue weighted by atomic mass is 9.65.